The molecule has 0 radical (unpaired) electrons. The summed E-state index contributed by atoms with van der Waals surface area (Å²) < 4.78 is 9.36. The molecule has 0 saturated carbocycles. The highest BCUT2D eigenvalue weighted by molar-refractivity contribution is 7.95. The molecular formula is C35H43BrN3O7PS. The first-order chi connectivity index (χ1) is 22.7. The predicted molar refractivity (Wildman–Crippen MR) is 188 cm³/mol. The van der Waals surface area contributed by atoms with Gasteiger partial charge < -0.3 is 42.4 Å². The summed E-state index contributed by atoms with van der Waals surface area (Å²) in [5, 5.41) is 11.4. The van der Waals surface area contributed by atoms with Crippen molar-refractivity contribution in [1.29, 1.82) is 0 Å². The molecule has 3 amide bonds. The zero-order valence-electron chi connectivity index (χ0n) is 27.1. The summed E-state index contributed by atoms with van der Waals surface area (Å²) in [5.74, 6) is -2.77. The molecule has 3 aromatic rings. The Labute approximate surface area is 298 Å². The average Bonchev–Trinajstić information content (AvgIpc) is 3.12. The van der Waals surface area contributed by atoms with Crippen LogP contribution < -0.4 is 48.8 Å². The van der Waals surface area contributed by atoms with Gasteiger partial charge in [0.2, 0.25) is 17.7 Å². The summed E-state index contributed by atoms with van der Waals surface area (Å²) in [5.41, 5.74) is 0. The Balaban J connectivity index is 0.00000800. The number of hydrogen-bond acceptors (Lipinski definition) is 8. The van der Waals surface area contributed by atoms with Gasteiger partial charge >= 0.3 is 11.9 Å². The first-order valence-electron chi connectivity index (χ1n) is 15.4. The lowest BCUT2D eigenvalue weighted by molar-refractivity contribution is -0.145. The van der Waals surface area contributed by atoms with E-state index in [1.54, 1.807) is 0 Å². The lowest BCUT2D eigenvalue weighted by atomic mass is 10.1. The van der Waals surface area contributed by atoms with Gasteiger partial charge in [0, 0.05) is 18.6 Å². The topological polar surface area (TPSA) is 140 Å². The molecule has 3 rings (SSSR count). The summed E-state index contributed by atoms with van der Waals surface area (Å²) in [6.07, 6.45) is 2.23. The summed E-state index contributed by atoms with van der Waals surface area (Å²) >= 11 is 4.10. The Morgan fingerprint density at radius 2 is 1.17 bits per heavy atom. The van der Waals surface area contributed by atoms with E-state index in [-0.39, 0.29) is 54.4 Å². The molecule has 0 unspecified atom stereocenters. The van der Waals surface area contributed by atoms with Gasteiger partial charge in [-0.3, -0.25) is 19.2 Å². The Bertz CT molecular complexity index is 1370. The molecule has 2 atom stereocenters. The summed E-state index contributed by atoms with van der Waals surface area (Å²) in [7, 11) is 0.382. The van der Waals surface area contributed by atoms with E-state index in [4.69, 9.17) is 4.74 Å². The molecule has 0 aliphatic rings. The van der Waals surface area contributed by atoms with Gasteiger partial charge in [0.25, 0.3) is 0 Å². The first-order valence-corrected chi connectivity index (χ1v) is 18.0. The maximum absolute atomic E-state index is 13.0. The number of benzene rings is 3. The fourth-order valence-electron chi connectivity index (χ4n) is 5.26. The van der Waals surface area contributed by atoms with Crippen LogP contribution in [0, 0.1) is 0 Å². The van der Waals surface area contributed by atoms with Crippen molar-refractivity contribution < 1.29 is 50.4 Å². The minimum absolute atomic E-state index is 0. The minimum Gasteiger partial charge on any atom is -1.00 e. The van der Waals surface area contributed by atoms with Gasteiger partial charge in [-0.15, -0.1) is 0 Å². The number of ether oxygens (including phenoxy) is 2. The van der Waals surface area contributed by atoms with E-state index in [9.17, 15) is 24.0 Å². The van der Waals surface area contributed by atoms with Crippen molar-refractivity contribution >= 4 is 65.5 Å². The van der Waals surface area contributed by atoms with E-state index in [0.29, 0.717) is 6.42 Å². The van der Waals surface area contributed by atoms with E-state index >= 15 is 0 Å². The Kier molecular flexibility index (Phi) is 17.9. The number of carbonyl (C=O) groups excluding carboxylic acids is 5. The third-order valence-corrected chi connectivity index (χ3v) is 12.6. The molecular weight excluding hydrogens is 717 g/mol. The van der Waals surface area contributed by atoms with Gasteiger partial charge in [0.05, 0.1) is 20.4 Å². The van der Waals surface area contributed by atoms with Gasteiger partial charge in [-0.25, -0.2) is 4.79 Å². The van der Waals surface area contributed by atoms with Gasteiger partial charge in [0.15, 0.2) is 0 Å². The standard InChI is InChI=1S/C35H42N3O7PS.BrH/c1-44-33(41)24-36-34(42)30(25-47)38-32(40)22-21-29(35(43)45-2)37-31(39)20-12-13-23-46(26-14-6-3-7-15-26,27-16-8-4-9-17-27)28-18-10-5-11-19-28;/h3-11,14-19,29-30H,12-13,20-25H2,1-2H3,(H3-,36,37,38,39,40,42,47);1H/t29-,30-;/m0./s1. The van der Waals surface area contributed by atoms with E-state index in [1.807, 2.05) is 18.2 Å². The molecule has 0 saturated heterocycles. The zero-order chi connectivity index (χ0) is 34.1. The van der Waals surface area contributed by atoms with Crippen LogP contribution >= 0.6 is 19.9 Å². The van der Waals surface area contributed by atoms with E-state index in [0.717, 1.165) is 12.6 Å². The second-order valence-corrected chi connectivity index (χ2v) is 14.8. The monoisotopic (exact) mass is 759 g/mol. The van der Waals surface area contributed by atoms with Crippen LogP contribution in [-0.4, -0.2) is 74.4 Å². The van der Waals surface area contributed by atoms with Crippen molar-refractivity contribution in [2.24, 2.45) is 0 Å². The fraction of sp³-hybridized carbons (Fsp3) is 0.343. The van der Waals surface area contributed by atoms with Gasteiger partial charge in [-0.1, -0.05) is 54.6 Å². The molecule has 0 aliphatic heterocycles. The van der Waals surface area contributed by atoms with E-state index < -0.39 is 43.1 Å². The van der Waals surface area contributed by atoms with Crippen LogP contribution in [0.2, 0.25) is 0 Å². The molecule has 0 fully saturated rings. The van der Waals surface area contributed by atoms with Gasteiger partial charge in [-0.05, 0) is 55.7 Å². The maximum Gasteiger partial charge on any atom is 0.328 e. The molecule has 0 bridgehead atoms. The number of amides is 3. The van der Waals surface area contributed by atoms with Crippen molar-refractivity contribution in [3.8, 4) is 0 Å². The van der Waals surface area contributed by atoms with E-state index in [1.165, 1.54) is 30.1 Å². The molecule has 3 N–H and O–H groups in total. The lowest BCUT2D eigenvalue weighted by Gasteiger charge is -2.27. The molecule has 0 aliphatic carbocycles. The van der Waals surface area contributed by atoms with E-state index in [2.05, 4.69) is 106 Å². The Morgan fingerprint density at radius 3 is 1.62 bits per heavy atom. The van der Waals surface area contributed by atoms with Gasteiger partial charge in [-0.2, -0.15) is 12.6 Å². The van der Waals surface area contributed by atoms with Crippen LogP contribution in [-0.2, 0) is 33.4 Å². The van der Waals surface area contributed by atoms with Crippen molar-refractivity contribution in [2.75, 3.05) is 32.7 Å². The second-order valence-electron chi connectivity index (χ2n) is 10.8. The highest BCUT2D eigenvalue weighted by Crippen LogP contribution is 2.55. The Hall–Kier alpha value is -3.73. The lowest BCUT2D eigenvalue weighted by Crippen LogP contribution is -3.00. The summed E-state index contributed by atoms with van der Waals surface area (Å²) in [6, 6.07) is 29.5. The number of nitrogens with one attached hydrogen (secondary N) is 3. The second kappa shape index (κ2) is 21.3. The highest BCUT2D eigenvalue weighted by atomic mass is 79.9. The highest BCUT2D eigenvalue weighted by Gasteiger charge is 2.44. The largest absolute Gasteiger partial charge is 1.00 e. The predicted octanol–water partition coefficient (Wildman–Crippen LogP) is -0.703. The van der Waals surface area contributed by atoms with Crippen molar-refractivity contribution in [3.05, 3.63) is 91.0 Å². The van der Waals surface area contributed by atoms with Crippen LogP contribution in [0.5, 0.6) is 0 Å². The number of hydrogen-bond donors (Lipinski definition) is 4. The van der Waals surface area contributed by atoms with Crippen molar-refractivity contribution in [1.82, 2.24) is 16.0 Å². The number of rotatable bonds is 18. The van der Waals surface area contributed by atoms with Crippen LogP contribution in [0.25, 0.3) is 0 Å². The SMILES string of the molecule is COC(=O)CNC(=O)[C@H](CS)NC(=O)CC[C@H](NC(=O)CCCC[P+](c1ccccc1)(c1ccccc1)c1ccccc1)C(=O)OC.[Br-]. The zero-order valence-corrected chi connectivity index (χ0v) is 30.5. The fourth-order valence-corrected chi connectivity index (χ4v) is 9.93. The minimum atomic E-state index is -2.02. The molecule has 0 spiro atoms. The maximum atomic E-state index is 13.0. The molecule has 10 nitrogen and oxygen atoms in total. The third kappa shape index (κ3) is 11.8. The molecule has 13 heteroatoms. The number of methoxy groups -OCH3 is 2. The quantitative estimate of drug-likeness (QED) is 0.0583. The van der Waals surface area contributed by atoms with Crippen LogP contribution in [0.1, 0.15) is 32.1 Å². The molecule has 48 heavy (non-hydrogen) atoms. The number of esters is 2. The summed E-state index contributed by atoms with van der Waals surface area (Å²) in [4.78, 5) is 61.6. The number of unbranched alkanes of at least 4 members (excludes halogenated alkanes) is 1. The first kappa shape index (κ1) is 40.4. The molecule has 258 valence electrons. The Morgan fingerprint density at radius 1 is 0.688 bits per heavy atom. The van der Waals surface area contributed by atoms with Gasteiger partial charge in [0.1, 0.15) is 41.8 Å². The number of carbonyl (C=O) groups is 5. The average molecular weight is 761 g/mol. The smallest absolute Gasteiger partial charge is 0.328 e. The van der Waals surface area contributed by atoms with Crippen molar-refractivity contribution in [2.45, 2.75) is 44.2 Å². The number of halogens is 1. The van der Waals surface area contributed by atoms with Crippen LogP contribution in [0.4, 0.5) is 0 Å². The van der Waals surface area contributed by atoms with Crippen molar-refractivity contribution in [3.63, 3.8) is 0 Å². The van der Waals surface area contributed by atoms with Crippen LogP contribution in [0.15, 0.2) is 91.0 Å². The molecule has 3 aromatic carbocycles. The number of thiol groups is 1. The molecule has 0 heterocycles. The normalized spacial score (nSPS) is 12.0. The third-order valence-electron chi connectivity index (χ3n) is 7.69. The summed E-state index contributed by atoms with van der Waals surface area (Å²) in [6.45, 7) is -0.348. The molecule has 0 aromatic heterocycles. The van der Waals surface area contributed by atoms with Crippen LogP contribution in [0.3, 0.4) is 0 Å².